The number of halogens is 1. The molecule has 2 aromatic rings. The number of aryl methyl sites for hydroxylation is 1. The number of anilines is 1. The first-order valence-electron chi connectivity index (χ1n) is 5.00. The Morgan fingerprint density at radius 2 is 2.19 bits per heavy atom. The third-order valence-electron chi connectivity index (χ3n) is 2.22. The minimum atomic E-state index is -0.206. The van der Waals surface area contributed by atoms with Crippen molar-refractivity contribution in [2.24, 2.45) is 0 Å². The average molecular weight is 217 g/mol. The largest absolute Gasteiger partial charge is 0.365 e. The van der Waals surface area contributed by atoms with Crippen molar-refractivity contribution in [1.82, 2.24) is 9.97 Å². The molecule has 1 heterocycles. The van der Waals surface area contributed by atoms with Crippen LogP contribution in [0, 0.1) is 12.7 Å². The lowest BCUT2D eigenvalue weighted by Gasteiger charge is -2.06. The van der Waals surface area contributed by atoms with Crippen LogP contribution in [0.25, 0.3) is 0 Å². The van der Waals surface area contributed by atoms with Gasteiger partial charge in [-0.15, -0.1) is 0 Å². The van der Waals surface area contributed by atoms with Gasteiger partial charge < -0.3 is 5.32 Å². The molecule has 4 heteroatoms. The number of rotatable bonds is 3. The molecule has 0 unspecified atom stereocenters. The third kappa shape index (κ3) is 2.53. The maximum absolute atomic E-state index is 13.4. The summed E-state index contributed by atoms with van der Waals surface area (Å²) in [4.78, 5) is 7.97. The van der Waals surface area contributed by atoms with Crippen molar-refractivity contribution in [1.29, 1.82) is 0 Å². The third-order valence-corrected chi connectivity index (χ3v) is 2.22. The predicted molar refractivity (Wildman–Crippen MR) is 60.5 cm³/mol. The second-order valence-electron chi connectivity index (χ2n) is 3.54. The normalized spacial score (nSPS) is 10.1. The molecule has 0 aliphatic heterocycles. The lowest BCUT2D eigenvalue weighted by Crippen LogP contribution is -2.03. The molecule has 0 aliphatic rings. The van der Waals surface area contributed by atoms with Gasteiger partial charge in [0.2, 0.25) is 0 Å². The molecule has 2 rings (SSSR count). The van der Waals surface area contributed by atoms with E-state index in [9.17, 15) is 4.39 Å². The number of nitrogens with zero attached hydrogens (tertiary/aromatic N) is 2. The van der Waals surface area contributed by atoms with E-state index in [2.05, 4.69) is 15.3 Å². The summed E-state index contributed by atoms with van der Waals surface area (Å²) < 4.78 is 13.4. The van der Waals surface area contributed by atoms with Crippen LogP contribution < -0.4 is 5.32 Å². The van der Waals surface area contributed by atoms with E-state index in [1.165, 1.54) is 6.07 Å². The highest BCUT2D eigenvalue weighted by Crippen LogP contribution is 2.11. The molecule has 0 atom stereocenters. The van der Waals surface area contributed by atoms with Crippen LogP contribution in [0.2, 0.25) is 0 Å². The highest BCUT2D eigenvalue weighted by Gasteiger charge is 2.02. The molecule has 0 aliphatic carbocycles. The van der Waals surface area contributed by atoms with Gasteiger partial charge in [-0.05, 0) is 13.0 Å². The average Bonchev–Trinajstić information content (AvgIpc) is 2.32. The van der Waals surface area contributed by atoms with Crippen molar-refractivity contribution in [2.75, 3.05) is 5.32 Å². The van der Waals surface area contributed by atoms with Crippen LogP contribution in [0.5, 0.6) is 0 Å². The van der Waals surface area contributed by atoms with Crippen molar-refractivity contribution >= 4 is 5.82 Å². The maximum Gasteiger partial charge on any atom is 0.144 e. The fraction of sp³-hybridized carbons (Fsp3) is 0.167. The molecule has 0 radical (unpaired) electrons. The molecule has 0 spiro atoms. The topological polar surface area (TPSA) is 37.8 Å². The number of hydrogen-bond donors (Lipinski definition) is 1. The summed E-state index contributed by atoms with van der Waals surface area (Å²) in [5, 5.41) is 3.02. The van der Waals surface area contributed by atoms with Crippen molar-refractivity contribution in [3.63, 3.8) is 0 Å². The van der Waals surface area contributed by atoms with E-state index in [4.69, 9.17) is 0 Å². The molecule has 82 valence electrons. The van der Waals surface area contributed by atoms with Gasteiger partial charge in [-0.1, -0.05) is 17.7 Å². The monoisotopic (exact) mass is 217 g/mol. The molecule has 0 bridgehead atoms. The van der Waals surface area contributed by atoms with Gasteiger partial charge in [0.1, 0.15) is 11.6 Å². The van der Waals surface area contributed by atoms with Gasteiger partial charge in [-0.3, -0.25) is 4.98 Å². The van der Waals surface area contributed by atoms with E-state index in [0.717, 1.165) is 5.56 Å². The van der Waals surface area contributed by atoms with Crippen LogP contribution in [-0.4, -0.2) is 9.97 Å². The van der Waals surface area contributed by atoms with Crippen LogP contribution in [0.4, 0.5) is 10.2 Å². The molecule has 0 saturated carbocycles. The molecule has 3 nitrogen and oxygen atoms in total. The van der Waals surface area contributed by atoms with Gasteiger partial charge in [-0.2, -0.15) is 0 Å². The smallest absolute Gasteiger partial charge is 0.144 e. The number of aromatic nitrogens is 2. The minimum absolute atomic E-state index is 0.206. The van der Waals surface area contributed by atoms with Gasteiger partial charge >= 0.3 is 0 Å². The first-order chi connectivity index (χ1) is 7.75. The first kappa shape index (κ1) is 10.5. The zero-order valence-electron chi connectivity index (χ0n) is 8.94. The molecule has 0 fully saturated rings. The Balaban J connectivity index is 2.08. The van der Waals surface area contributed by atoms with E-state index in [1.807, 2.05) is 13.0 Å². The van der Waals surface area contributed by atoms with E-state index < -0.39 is 0 Å². The van der Waals surface area contributed by atoms with Gasteiger partial charge in [-0.25, -0.2) is 9.37 Å². The Bertz CT molecular complexity index is 471. The SMILES string of the molecule is Cc1ccc(F)c(CNc2cnccn2)c1. The summed E-state index contributed by atoms with van der Waals surface area (Å²) in [6.45, 7) is 2.34. The first-order valence-corrected chi connectivity index (χ1v) is 5.00. The summed E-state index contributed by atoms with van der Waals surface area (Å²) in [6, 6.07) is 5.04. The standard InChI is InChI=1S/C12H12FN3/c1-9-2-3-11(13)10(6-9)7-16-12-8-14-4-5-15-12/h2-6,8H,7H2,1H3,(H,15,16). The Morgan fingerprint density at radius 1 is 1.31 bits per heavy atom. The molecule has 1 aromatic heterocycles. The van der Waals surface area contributed by atoms with Gasteiger partial charge in [0.25, 0.3) is 0 Å². The van der Waals surface area contributed by atoms with E-state index >= 15 is 0 Å². The number of benzene rings is 1. The summed E-state index contributed by atoms with van der Waals surface area (Å²) in [5.74, 6) is 0.436. The summed E-state index contributed by atoms with van der Waals surface area (Å²) in [6.07, 6.45) is 4.79. The van der Waals surface area contributed by atoms with Crippen molar-refractivity contribution in [3.05, 3.63) is 53.7 Å². The summed E-state index contributed by atoms with van der Waals surface area (Å²) >= 11 is 0. The fourth-order valence-electron chi connectivity index (χ4n) is 1.42. The molecule has 16 heavy (non-hydrogen) atoms. The predicted octanol–water partition coefficient (Wildman–Crippen LogP) is 2.54. The van der Waals surface area contributed by atoms with Gasteiger partial charge in [0, 0.05) is 24.5 Å². The van der Waals surface area contributed by atoms with Crippen molar-refractivity contribution in [2.45, 2.75) is 13.5 Å². The number of hydrogen-bond acceptors (Lipinski definition) is 3. The molecule has 1 N–H and O–H groups in total. The maximum atomic E-state index is 13.4. The van der Waals surface area contributed by atoms with Crippen LogP contribution >= 0.6 is 0 Å². The lowest BCUT2D eigenvalue weighted by atomic mass is 10.1. The summed E-state index contributed by atoms with van der Waals surface area (Å²) in [7, 11) is 0. The van der Waals surface area contributed by atoms with Crippen molar-refractivity contribution < 1.29 is 4.39 Å². The highest BCUT2D eigenvalue weighted by atomic mass is 19.1. The fourth-order valence-corrected chi connectivity index (χ4v) is 1.42. The summed E-state index contributed by atoms with van der Waals surface area (Å²) in [5.41, 5.74) is 1.67. The Kier molecular flexibility index (Phi) is 3.10. The Morgan fingerprint density at radius 3 is 2.94 bits per heavy atom. The van der Waals surface area contributed by atoms with E-state index in [1.54, 1.807) is 24.7 Å². The molecule has 0 amide bonds. The van der Waals surface area contributed by atoms with Crippen LogP contribution in [0.3, 0.4) is 0 Å². The molecule has 0 saturated heterocycles. The second-order valence-corrected chi connectivity index (χ2v) is 3.54. The highest BCUT2D eigenvalue weighted by molar-refractivity contribution is 5.33. The second kappa shape index (κ2) is 4.70. The number of nitrogens with one attached hydrogen (secondary N) is 1. The molecule has 1 aromatic carbocycles. The van der Waals surface area contributed by atoms with Crippen molar-refractivity contribution in [3.8, 4) is 0 Å². The zero-order chi connectivity index (χ0) is 11.4. The van der Waals surface area contributed by atoms with Crippen LogP contribution in [0.15, 0.2) is 36.8 Å². The quantitative estimate of drug-likeness (QED) is 0.858. The van der Waals surface area contributed by atoms with Gasteiger partial charge in [0.15, 0.2) is 0 Å². The lowest BCUT2D eigenvalue weighted by molar-refractivity contribution is 0.612. The Labute approximate surface area is 93.4 Å². The minimum Gasteiger partial charge on any atom is -0.365 e. The van der Waals surface area contributed by atoms with Gasteiger partial charge in [0.05, 0.1) is 6.20 Å². The molecular weight excluding hydrogens is 205 g/mol. The zero-order valence-corrected chi connectivity index (χ0v) is 8.94. The van der Waals surface area contributed by atoms with Crippen LogP contribution in [0.1, 0.15) is 11.1 Å². The van der Waals surface area contributed by atoms with Crippen LogP contribution in [-0.2, 0) is 6.54 Å². The van der Waals surface area contributed by atoms with E-state index in [-0.39, 0.29) is 5.82 Å². The molecular formula is C12H12FN3. The Hall–Kier alpha value is -1.97. The van der Waals surface area contributed by atoms with E-state index in [0.29, 0.717) is 17.9 Å².